The molecule has 15 heavy (non-hydrogen) atoms. The van der Waals surface area contributed by atoms with E-state index in [1.54, 1.807) is 0 Å². The van der Waals surface area contributed by atoms with Crippen LogP contribution in [0, 0.1) is 16.7 Å². The van der Waals surface area contributed by atoms with E-state index >= 15 is 0 Å². The number of carbonyl (C=O) groups excluding carboxylic acids is 2. The van der Waals surface area contributed by atoms with Crippen LogP contribution in [0.25, 0.3) is 0 Å². The van der Waals surface area contributed by atoms with Crippen LogP contribution in [-0.4, -0.2) is 6.15 Å². The Morgan fingerprint density at radius 2 is 1.33 bits per heavy atom. The number of hydrogen-bond acceptors (Lipinski definition) is 2. The summed E-state index contributed by atoms with van der Waals surface area (Å²) >= 11 is 0. The topological polar surface area (TPSA) is 34.1 Å². The largest absolute Gasteiger partial charge is 0.373 e. The highest BCUT2D eigenvalue weighted by molar-refractivity contribution is 5.20. The predicted molar refractivity (Wildman–Crippen MR) is 58.1 cm³/mol. The lowest BCUT2D eigenvalue weighted by Crippen LogP contribution is -2.43. The number of hydrogen-bond donors (Lipinski definition) is 0. The zero-order valence-electron chi connectivity index (χ0n) is 10.1. The third kappa shape index (κ3) is 2.49. The fraction of sp³-hybridized carbons (Fsp3) is 0.923. The van der Waals surface area contributed by atoms with Crippen molar-refractivity contribution in [1.29, 1.82) is 0 Å². The average Bonchev–Trinajstić information content (AvgIpc) is 2.20. The molecular formula is C13H22O2. The molecule has 0 aromatic heterocycles. The van der Waals surface area contributed by atoms with Crippen LogP contribution >= 0.6 is 0 Å². The van der Waals surface area contributed by atoms with Gasteiger partial charge in [0.25, 0.3) is 0 Å². The first-order chi connectivity index (χ1) is 6.95. The van der Waals surface area contributed by atoms with Crippen LogP contribution in [0.3, 0.4) is 0 Å². The predicted octanol–water partition coefficient (Wildman–Crippen LogP) is 3.42. The number of fused-ring (bicyclic) bond motifs is 3. The SMILES string of the molecule is CC(C)(C)C12CCC(CC1)CC2.O=C=O. The minimum atomic E-state index is 0.250. The summed E-state index contributed by atoms with van der Waals surface area (Å²) in [6.07, 6.45) is 9.37. The van der Waals surface area contributed by atoms with E-state index in [2.05, 4.69) is 20.8 Å². The maximum absolute atomic E-state index is 8.12. The van der Waals surface area contributed by atoms with Gasteiger partial charge in [-0.05, 0) is 55.3 Å². The molecule has 0 spiro atoms. The highest BCUT2D eigenvalue weighted by atomic mass is 16.2. The molecule has 0 saturated heterocycles. The molecule has 0 aromatic rings. The van der Waals surface area contributed by atoms with E-state index in [9.17, 15) is 0 Å². The Balaban J connectivity index is 0.000000337. The summed E-state index contributed by atoms with van der Waals surface area (Å²) in [6.45, 7) is 7.33. The molecule has 0 atom stereocenters. The van der Waals surface area contributed by atoms with Gasteiger partial charge in [0.05, 0.1) is 0 Å². The molecule has 2 heteroatoms. The summed E-state index contributed by atoms with van der Waals surface area (Å²) in [5, 5.41) is 0. The Labute approximate surface area is 92.4 Å². The third-order valence-corrected chi connectivity index (χ3v) is 4.68. The second-order valence-corrected chi connectivity index (χ2v) is 6.10. The van der Waals surface area contributed by atoms with Gasteiger partial charge in [0.2, 0.25) is 0 Å². The fourth-order valence-electron chi connectivity index (χ4n) is 3.37. The highest BCUT2D eigenvalue weighted by Crippen LogP contribution is 2.58. The van der Waals surface area contributed by atoms with E-state index in [0.717, 1.165) is 11.3 Å². The molecule has 0 amide bonds. The van der Waals surface area contributed by atoms with Crippen LogP contribution < -0.4 is 0 Å². The summed E-state index contributed by atoms with van der Waals surface area (Å²) in [6, 6.07) is 0. The van der Waals surface area contributed by atoms with Gasteiger partial charge in [0.1, 0.15) is 0 Å². The lowest BCUT2D eigenvalue weighted by atomic mass is 9.51. The summed E-state index contributed by atoms with van der Waals surface area (Å²) in [7, 11) is 0. The molecule has 2 nitrogen and oxygen atoms in total. The smallest absolute Gasteiger partial charge is 0.186 e. The molecule has 3 aliphatic carbocycles. The second-order valence-electron chi connectivity index (χ2n) is 6.10. The first-order valence-corrected chi connectivity index (χ1v) is 5.94. The van der Waals surface area contributed by atoms with Gasteiger partial charge < -0.3 is 0 Å². The fourth-order valence-corrected chi connectivity index (χ4v) is 3.37. The quantitative estimate of drug-likeness (QED) is 0.614. The lowest BCUT2D eigenvalue weighted by Gasteiger charge is -2.54. The standard InChI is InChI=1S/C12H22.CO2/c1-11(2,3)12-7-4-10(5-8-12)6-9-12;2-1-3/h10H,4-9H2,1-3H3;. The maximum Gasteiger partial charge on any atom is 0.373 e. The highest BCUT2D eigenvalue weighted by Gasteiger charge is 2.47. The summed E-state index contributed by atoms with van der Waals surface area (Å²) in [5.74, 6) is 1.11. The molecule has 86 valence electrons. The summed E-state index contributed by atoms with van der Waals surface area (Å²) in [4.78, 5) is 16.2. The van der Waals surface area contributed by atoms with Crippen LogP contribution in [0.1, 0.15) is 59.3 Å². The monoisotopic (exact) mass is 210 g/mol. The van der Waals surface area contributed by atoms with Gasteiger partial charge in [0, 0.05) is 0 Å². The van der Waals surface area contributed by atoms with Gasteiger partial charge in [-0.2, -0.15) is 9.59 Å². The number of rotatable bonds is 0. The van der Waals surface area contributed by atoms with E-state index in [0.29, 0.717) is 5.41 Å². The van der Waals surface area contributed by atoms with E-state index in [1.165, 1.54) is 38.5 Å². The van der Waals surface area contributed by atoms with Crippen LogP contribution in [0.15, 0.2) is 0 Å². The van der Waals surface area contributed by atoms with Crippen molar-refractivity contribution in [2.75, 3.05) is 0 Å². The molecular weight excluding hydrogens is 188 g/mol. The van der Waals surface area contributed by atoms with Crippen LogP contribution in [-0.2, 0) is 9.59 Å². The van der Waals surface area contributed by atoms with Crippen molar-refractivity contribution >= 4 is 6.15 Å². The van der Waals surface area contributed by atoms with Gasteiger partial charge in [-0.1, -0.05) is 20.8 Å². The van der Waals surface area contributed by atoms with Crippen molar-refractivity contribution in [3.8, 4) is 0 Å². The van der Waals surface area contributed by atoms with Crippen LogP contribution in [0.2, 0.25) is 0 Å². The Morgan fingerprint density at radius 1 is 1.00 bits per heavy atom. The Kier molecular flexibility index (Phi) is 3.72. The second kappa shape index (κ2) is 4.49. The van der Waals surface area contributed by atoms with E-state index in [4.69, 9.17) is 9.59 Å². The van der Waals surface area contributed by atoms with Crippen molar-refractivity contribution in [3.05, 3.63) is 0 Å². The van der Waals surface area contributed by atoms with Crippen molar-refractivity contribution in [2.45, 2.75) is 59.3 Å². The van der Waals surface area contributed by atoms with E-state index in [1.807, 2.05) is 0 Å². The van der Waals surface area contributed by atoms with Crippen molar-refractivity contribution < 1.29 is 9.59 Å². The van der Waals surface area contributed by atoms with Crippen molar-refractivity contribution in [1.82, 2.24) is 0 Å². The Morgan fingerprint density at radius 3 is 1.53 bits per heavy atom. The Hall–Kier alpha value is -0.620. The molecule has 0 N–H and O–H groups in total. The molecule has 0 radical (unpaired) electrons. The molecule has 3 aliphatic rings. The van der Waals surface area contributed by atoms with Gasteiger partial charge in [-0.15, -0.1) is 0 Å². The minimum absolute atomic E-state index is 0.250. The summed E-state index contributed by atoms with van der Waals surface area (Å²) in [5.41, 5.74) is 1.28. The molecule has 3 saturated carbocycles. The summed E-state index contributed by atoms with van der Waals surface area (Å²) < 4.78 is 0. The first kappa shape index (κ1) is 12.4. The van der Waals surface area contributed by atoms with Crippen molar-refractivity contribution in [2.24, 2.45) is 16.7 Å². The van der Waals surface area contributed by atoms with Gasteiger partial charge in [-0.3, -0.25) is 0 Å². The zero-order valence-corrected chi connectivity index (χ0v) is 10.1. The lowest BCUT2D eigenvalue weighted by molar-refractivity contribution is -0.191. The van der Waals surface area contributed by atoms with Gasteiger partial charge in [0.15, 0.2) is 0 Å². The Bertz CT molecular complexity index is 222. The normalized spacial score (nSPS) is 33.9. The third-order valence-electron chi connectivity index (χ3n) is 4.68. The molecule has 0 aromatic carbocycles. The molecule has 2 bridgehead atoms. The van der Waals surface area contributed by atoms with E-state index in [-0.39, 0.29) is 6.15 Å². The van der Waals surface area contributed by atoms with Crippen molar-refractivity contribution in [3.63, 3.8) is 0 Å². The van der Waals surface area contributed by atoms with Crippen LogP contribution in [0.4, 0.5) is 0 Å². The maximum atomic E-state index is 8.12. The molecule has 3 fully saturated rings. The van der Waals surface area contributed by atoms with Gasteiger partial charge >= 0.3 is 6.15 Å². The molecule has 3 rings (SSSR count). The first-order valence-electron chi connectivity index (χ1n) is 5.94. The molecule has 0 unspecified atom stereocenters. The molecule has 0 aliphatic heterocycles. The van der Waals surface area contributed by atoms with Crippen LogP contribution in [0.5, 0.6) is 0 Å². The average molecular weight is 210 g/mol. The minimum Gasteiger partial charge on any atom is -0.186 e. The van der Waals surface area contributed by atoms with E-state index < -0.39 is 0 Å². The molecule has 0 heterocycles. The van der Waals surface area contributed by atoms with Gasteiger partial charge in [-0.25, -0.2) is 0 Å². The zero-order chi connectivity index (χ0) is 11.5.